The van der Waals surface area contributed by atoms with E-state index in [0.29, 0.717) is 19.4 Å². The molecule has 3 rings (SSSR count). The van der Waals surface area contributed by atoms with Gasteiger partial charge in [-0.05, 0) is 30.5 Å². The Kier molecular flexibility index (Phi) is 5.96. The first-order chi connectivity index (χ1) is 10.7. The molecule has 0 saturated carbocycles. The summed E-state index contributed by atoms with van der Waals surface area (Å²) < 4.78 is 33.1. The van der Waals surface area contributed by atoms with Crippen molar-refractivity contribution >= 4 is 37.1 Å². The Morgan fingerprint density at radius 1 is 0.913 bits per heavy atom. The lowest BCUT2D eigenvalue weighted by atomic mass is 10.1. The fourth-order valence-electron chi connectivity index (χ4n) is 2.82. The van der Waals surface area contributed by atoms with Crippen LogP contribution in [-0.2, 0) is 51.2 Å². The standard InChI is InChI=1S/C11H20O8P2S2/c1-7-4-9-11(17-7)6-16-20(12,22)18-8-2-3-14-10(8)5-15-21(13,23)19-9/h7-11H,2-6H2,1H3,(H,12,22)(H,13,23)/t7-,8-,9-,10+,11+,20-,21?/m0/s1. The largest absolute Gasteiger partial charge is 0.373 e. The average Bonchev–Trinajstić information content (AvgIpc) is 2.99. The molecule has 0 spiro atoms. The van der Waals surface area contributed by atoms with Crippen LogP contribution in [0.5, 0.6) is 0 Å². The number of fused-ring (bicyclic) bond motifs is 2. The third-order valence-corrected chi connectivity index (χ3v) is 7.05. The van der Waals surface area contributed by atoms with Crippen LogP contribution in [0.2, 0.25) is 0 Å². The van der Waals surface area contributed by atoms with Crippen molar-refractivity contribution in [2.24, 2.45) is 0 Å². The SMILES string of the molecule is C[C@H]1C[C@@H]2OP(O)(=S)OC[C@H]3OCC[C@@H]3O[P@@](O)(=S)OC[C@H]2O1. The van der Waals surface area contributed by atoms with Gasteiger partial charge in [-0.1, -0.05) is 0 Å². The van der Waals surface area contributed by atoms with Gasteiger partial charge in [0.1, 0.15) is 12.2 Å². The molecular formula is C11H20O8P2S2. The predicted molar refractivity (Wildman–Crippen MR) is 88.0 cm³/mol. The van der Waals surface area contributed by atoms with Gasteiger partial charge < -0.3 is 37.4 Å². The third kappa shape index (κ3) is 5.00. The highest BCUT2D eigenvalue weighted by molar-refractivity contribution is 8.07. The van der Waals surface area contributed by atoms with Crippen LogP contribution in [0.15, 0.2) is 0 Å². The molecule has 0 amide bonds. The Balaban J connectivity index is 1.78. The summed E-state index contributed by atoms with van der Waals surface area (Å²) in [5.41, 5.74) is 0. The van der Waals surface area contributed by atoms with Gasteiger partial charge >= 0.3 is 13.4 Å². The molecule has 134 valence electrons. The van der Waals surface area contributed by atoms with Crippen molar-refractivity contribution in [3.63, 3.8) is 0 Å². The maximum absolute atomic E-state index is 10.2. The number of ether oxygens (including phenoxy) is 2. The first kappa shape index (κ1) is 18.8. The van der Waals surface area contributed by atoms with Crippen molar-refractivity contribution < 1.29 is 37.4 Å². The minimum atomic E-state index is -3.43. The summed E-state index contributed by atoms with van der Waals surface area (Å²) in [7, 11) is 0. The first-order valence-corrected chi connectivity index (χ1v) is 12.5. The Hall–Kier alpha value is 0.980. The van der Waals surface area contributed by atoms with E-state index >= 15 is 0 Å². The molecule has 3 aliphatic rings. The van der Waals surface area contributed by atoms with Crippen LogP contribution in [0.25, 0.3) is 0 Å². The molecule has 3 fully saturated rings. The van der Waals surface area contributed by atoms with Gasteiger partial charge in [-0.3, -0.25) is 0 Å². The number of rotatable bonds is 0. The van der Waals surface area contributed by atoms with Gasteiger partial charge in [-0.15, -0.1) is 0 Å². The van der Waals surface area contributed by atoms with Gasteiger partial charge in [0.05, 0.1) is 31.5 Å². The minimum absolute atomic E-state index is 0.00156. The van der Waals surface area contributed by atoms with Gasteiger partial charge in [-0.2, -0.15) is 0 Å². The summed E-state index contributed by atoms with van der Waals surface area (Å²) in [6.45, 7) is -4.55. The maximum atomic E-state index is 10.2. The zero-order valence-corrected chi connectivity index (χ0v) is 15.9. The zero-order chi connectivity index (χ0) is 16.7. The normalized spacial score (nSPS) is 52.2. The zero-order valence-electron chi connectivity index (χ0n) is 12.5. The molecule has 0 aromatic rings. The van der Waals surface area contributed by atoms with E-state index < -0.39 is 37.9 Å². The molecule has 0 bridgehead atoms. The topological polar surface area (TPSA) is 95.8 Å². The average molecular weight is 406 g/mol. The van der Waals surface area contributed by atoms with Crippen LogP contribution in [0, 0.1) is 0 Å². The van der Waals surface area contributed by atoms with E-state index in [0.717, 1.165) is 0 Å². The molecule has 7 atom stereocenters. The lowest BCUT2D eigenvalue weighted by Crippen LogP contribution is -2.32. The van der Waals surface area contributed by atoms with Crippen molar-refractivity contribution in [2.75, 3.05) is 19.8 Å². The molecule has 0 aromatic heterocycles. The lowest BCUT2D eigenvalue weighted by Gasteiger charge is -2.29. The molecule has 12 heteroatoms. The van der Waals surface area contributed by atoms with Crippen molar-refractivity contribution in [3.05, 3.63) is 0 Å². The highest BCUT2D eigenvalue weighted by Gasteiger charge is 2.41. The van der Waals surface area contributed by atoms with E-state index in [4.69, 9.17) is 51.2 Å². The second-order valence-electron chi connectivity index (χ2n) is 5.74. The van der Waals surface area contributed by atoms with E-state index in [2.05, 4.69) is 0 Å². The van der Waals surface area contributed by atoms with Gasteiger partial charge in [0.2, 0.25) is 0 Å². The molecule has 8 nitrogen and oxygen atoms in total. The monoisotopic (exact) mass is 406 g/mol. The molecular weight excluding hydrogens is 386 g/mol. The highest BCUT2D eigenvalue weighted by atomic mass is 32.5. The third-order valence-electron chi connectivity index (χ3n) is 3.88. The van der Waals surface area contributed by atoms with E-state index in [1.165, 1.54) is 0 Å². The van der Waals surface area contributed by atoms with E-state index in [-0.39, 0.29) is 19.3 Å². The van der Waals surface area contributed by atoms with Gasteiger partial charge in [0.15, 0.2) is 0 Å². The van der Waals surface area contributed by atoms with Gasteiger partial charge in [0.25, 0.3) is 0 Å². The molecule has 23 heavy (non-hydrogen) atoms. The van der Waals surface area contributed by atoms with Crippen LogP contribution in [0.1, 0.15) is 19.8 Å². The first-order valence-electron chi connectivity index (χ1n) is 7.33. The van der Waals surface area contributed by atoms with E-state index in [1.54, 1.807) is 0 Å². The molecule has 3 saturated heterocycles. The second-order valence-corrected chi connectivity index (χ2v) is 11.3. The number of hydrogen-bond acceptors (Lipinski definition) is 8. The minimum Gasteiger partial charge on any atom is -0.373 e. The van der Waals surface area contributed by atoms with E-state index in [1.807, 2.05) is 6.92 Å². The van der Waals surface area contributed by atoms with Crippen LogP contribution < -0.4 is 0 Å². The summed E-state index contributed by atoms with van der Waals surface area (Å²) in [4.78, 5) is 20.5. The Bertz CT molecular complexity index is 534. The van der Waals surface area contributed by atoms with Crippen molar-refractivity contribution in [1.82, 2.24) is 0 Å². The fourth-order valence-corrected chi connectivity index (χ4v) is 5.79. The van der Waals surface area contributed by atoms with Crippen LogP contribution >= 0.6 is 13.4 Å². The molecule has 0 radical (unpaired) electrons. The summed E-state index contributed by atoms with van der Waals surface area (Å²) in [6, 6.07) is 0. The smallest absolute Gasteiger partial charge is 0.324 e. The Morgan fingerprint density at radius 3 is 2.22 bits per heavy atom. The maximum Gasteiger partial charge on any atom is 0.324 e. The predicted octanol–water partition coefficient (Wildman–Crippen LogP) is 1.20. The fraction of sp³-hybridized carbons (Fsp3) is 1.00. The van der Waals surface area contributed by atoms with Crippen LogP contribution in [0.3, 0.4) is 0 Å². The summed E-state index contributed by atoms with van der Waals surface area (Å²) in [5.74, 6) is 0. The summed E-state index contributed by atoms with van der Waals surface area (Å²) >= 11 is 10.1. The van der Waals surface area contributed by atoms with Gasteiger partial charge in [0, 0.05) is 19.4 Å². The Morgan fingerprint density at radius 2 is 1.52 bits per heavy atom. The quantitative estimate of drug-likeness (QED) is 0.572. The Labute approximate surface area is 144 Å². The molecule has 1 unspecified atom stereocenters. The molecule has 3 heterocycles. The summed E-state index contributed by atoms with van der Waals surface area (Å²) in [6.07, 6.45) is -0.959. The highest BCUT2D eigenvalue weighted by Crippen LogP contribution is 2.51. The summed E-state index contributed by atoms with van der Waals surface area (Å²) in [5, 5.41) is 0. The van der Waals surface area contributed by atoms with Crippen molar-refractivity contribution in [3.8, 4) is 0 Å². The van der Waals surface area contributed by atoms with Gasteiger partial charge in [-0.25, -0.2) is 0 Å². The molecule has 2 N–H and O–H groups in total. The van der Waals surface area contributed by atoms with Crippen LogP contribution in [0.4, 0.5) is 0 Å². The lowest BCUT2D eigenvalue weighted by molar-refractivity contribution is -0.0316. The molecule has 0 aliphatic carbocycles. The number of hydrogen-bond donors (Lipinski definition) is 2. The molecule has 3 aliphatic heterocycles. The van der Waals surface area contributed by atoms with Crippen molar-refractivity contribution in [1.29, 1.82) is 0 Å². The van der Waals surface area contributed by atoms with Crippen molar-refractivity contribution in [2.45, 2.75) is 50.3 Å². The van der Waals surface area contributed by atoms with E-state index in [9.17, 15) is 9.79 Å². The second kappa shape index (κ2) is 7.31. The molecule has 0 aromatic carbocycles. The van der Waals surface area contributed by atoms with Crippen LogP contribution in [-0.4, -0.2) is 60.1 Å².